The molecule has 2 N–H and O–H groups in total. The average molecular weight is 281 g/mol. The van der Waals surface area contributed by atoms with Crippen LogP contribution < -0.4 is 10.6 Å². The largest absolute Gasteiger partial charge is 0.356 e. The molecule has 1 unspecified atom stereocenters. The maximum Gasteiger partial charge on any atom is 0.131 e. The molecule has 0 spiro atoms. The highest BCUT2D eigenvalue weighted by Gasteiger charge is 2.16. The second-order valence-corrected chi connectivity index (χ2v) is 5.85. The van der Waals surface area contributed by atoms with Crippen LogP contribution in [0, 0.1) is 6.92 Å². The summed E-state index contributed by atoms with van der Waals surface area (Å²) in [6.45, 7) is 4.38. The predicted octanol–water partition coefficient (Wildman–Crippen LogP) is 3.43. The standard InChI is InChI=1S/C18H23N3/c1-14-12-16(17(19)15-8-4-2-5-9-15)13-20-18(14)21-10-6-3-7-11-21/h2,4-5,8-9,12-13,17H,3,6-7,10-11,19H2,1H3. The van der Waals surface area contributed by atoms with E-state index in [-0.39, 0.29) is 6.04 Å². The van der Waals surface area contributed by atoms with Gasteiger partial charge in [0.05, 0.1) is 6.04 Å². The summed E-state index contributed by atoms with van der Waals surface area (Å²) in [6.07, 6.45) is 5.82. The number of pyridine rings is 1. The second kappa shape index (κ2) is 6.27. The first-order valence-electron chi connectivity index (χ1n) is 7.78. The lowest BCUT2D eigenvalue weighted by atomic mass is 10.00. The third kappa shape index (κ3) is 3.08. The van der Waals surface area contributed by atoms with E-state index in [9.17, 15) is 0 Å². The Balaban J connectivity index is 1.83. The molecule has 3 nitrogen and oxygen atoms in total. The minimum absolute atomic E-state index is 0.104. The first-order valence-corrected chi connectivity index (χ1v) is 7.78. The van der Waals surface area contributed by atoms with E-state index in [1.807, 2.05) is 24.4 Å². The van der Waals surface area contributed by atoms with Crippen molar-refractivity contribution in [1.82, 2.24) is 4.98 Å². The third-order valence-electron chi connectivity index (χ3n) is 4.25. The SMILES string of the molecule is Cc1cc(C(N)c2ccccc2)cnc1N1CCCCC1. The van der Waals surface area contributed by atoms with Crippen molar-refractivity contribution in [1.29, 1.82) is 0 Å². The topological polar surface area (TPSA) is 42.1 Å². The number of piperidine rings is 1. The Morgan fingerprint density at radius 1 is 1.05 bits per heavy atom. The van der Waals surface area contributed by atoms with Crippen LogP contribution in [0.3, 0.4) is 0 Å². The molecule has 1 atom stereocenters. The Morgan fingerprint density at radius 3 is 2.43 bits per heavy atom. The fourth-order valence-electron chi connectivity index (χ4n) is 3.05. The Labute approximate surface area is 126 Å². The van der Waals surface area contributed by atoms with E-state index in [0.717, 1.165) is 30.0 Å². The predicted molar refractivity (Wildman–Crippen MR) is 87.5 cm³/mol. The number of nitrogens with zero attached hydrogens (tertiary/aromatic N) is 2. The number of rotatable bonds is 3. The zero-order chi connectivity index (χ0) is 14.7. The highest BCUT2D eigenvalue weighted by Crippen LogP contribution is 2.25. The number of hydrogen-bond donors (Lipinski definition) is 1. The molecule has 110 valence electrons. The van der Waals surface area contributed by atoms with Crippen LogP contribution in [-0.2, 0) is 0 Å². The molecule has 0 saturated carbocycles. The summed E-state index contributed by atoms with van der Waals surface area (Å²) in [5.74, 6) is 1.12. The fraction of sp³-hybridized carbons (Fsp3) is 0.389. The van der Waals surface area contributed by atoms with Gasteiger partial charge in [-0.25, -0.2) is 4.98 Å². The number of anilines is 1. The molecule has 1 aromatic carbocycles. The van der Waals surface area contributed by atoms with Crippen molar-refractivity contribution in [2.24, 2.45) is 5.73 Å². The maximum atomic E-state index is 6.36. The molecule has 3 rings (SSSR count). The zero-order valence-electron chi connectivity index (χ0n) is 12.6. The molecule has 3 heteroatoms. The molecular weight excluding hydrogens is 258 g/mol. The molecule has 2 heterocycles. The third-order valence-corrected chi connectivity index (χ3v) is 4.25. The summed E-state index contributed by atoms with van der Waals surface area (Å²) < 4.78 is 0. The smallest absolute Gasteiger partial charge is 0.131 e. The van der Waals surface area contributed by atoms with Crippen molar-refractivity contribution in [2.45, 2.75) is 32.2 Å². The van der Waals surface area contributed by atoms with Crippen LogP contribution >= 0.6 is 0 Å². The summed E-state index contributed by atoms with van der Waals surface area (Å²) in [5.41, 5.74) is 9.79. The van der Waals surface area contributed by atoms with Gasteiger partial charge in [-0.3, -0.25) is 0 Å². The Bertz CT molecular complexity index is 589. The van der Waals surface area contributed by atoms with Crippen molar-refractivity contribution in [2.75, 3.05) is 18.0 Å². The minimum Gasteiger partial charge on any atom is -0.356 e. The van der Waals surface area contributed by atoms with Gasteiger partial charge in [0.25, 0.3) is 0 Å². The molecule has 0 aliphatic carbocycles. The van der Waals surface area contributed by atoms with Gasteiger partial charge in [0, 0.05) is 19.3 Å². The summed E-state index contributed by atoms with van der Waals surface area (Å²) >= 11 is 0. The fourth-order valence-corrected chi connectivity index (χ4v) is 3.05. The monoisotopic (exact) mass is 281 g/mol. The van der Waals surface area contributed by atoms with Crippen molar-refractivity contribution in [3.05, 3.63) is 59.3 Å². The second-order valence-electron chi connectivity index (χ2n) is 5.85. The lowest BCUT2D eigenvalue weighted by Gasteiger charge is -2.29. The van der Waals surface area contributed by atoms with Crippen LogP contribution in [0.25, 0.3) is 0 Å². The number of aryl methyl sites for hydroxylation is 1. The van der Waals surface area contributed by atoms with Crippen molar-refractivity contribution in [3.8, 4) is 0 Å². The van der Waals surface area contributed by atoms with Gasteiger partial charge in [-0.15, -0.1) is 0 Å². The molecule has 2 aromatic rings. The van der Waals surface area contributed by atoms with Gasteiger partial charge in [-0.2, -0.15) is 0 Å². The lowest BCUT2D eigenvalue weighted by Crippen LogP contribution is -2.31. The summed E-state index contributed by atoms with van der Waals surface area (Å²) in [4.78, 5) is 7.09. The van der Waals surface area contributed by atoms with Crippen molar-refractivity contribution in [3.63, 3.8) is 0 Å². The first kappa shape index (κ1) is 14.1. The molecule has 1 aromatic heterocycles. The van der Waals surface area contributed by atoms with E-state index in [1.54, 1.807) is 0 Å². The van der Waals surface area contributed by atoms with Crippen LogP contribution in [0.4, 0.5) is 5.82 Å². The molecule has 0 radical (unpaired) electrons. The van der Waals surface area contributed by atoms with Gasteiger partial charge in [0.15, 0.2) is 0 Å². The Hall–Kier alpha value is -1.87. The highest BCUT2D eigenvalue weighted by atomic mass is 15.2. The van der Waals surface area contributed by atoms with Gasteiger partial charge in [0.2, 0.25) is 0 Å². The minimum atomic E-state index is -0.104. The van der Waals surface area contributed by atoms with Gasteiger partial charge < -0.3 is 10.6 Å². The van der Waals surface area contributed by atoms with Crippen LogP contribution in [0.5, 0.6) is 0 Å². The molecule has 1 aliphatic rings. The quantitative estimate of drug-likeness (QED) is 0.937. The number of hydrogen-bond acceptors (Lipinski definition) is 3. The number of benzene rings is 1. The Morgan fingerprint density at radius 2 is 1.76 bits per heavy atom. The van der Waals surface area contributed by atoms with Crippen LogP contribution in [0.2, 0.25) is 0 Å². The molecule has 0 bridgehead atoms. The van der Waals surface area contributed by atoms with Crippen LogP contribution in [0.1, 0.15) is 42.0 Å². The summed E-state index contributed by atoms with van der Waals surface area (Å²) in [5, 5.41) is 0. The molecule has 0 amide bonds. The zero-order valence-corrected chi connectivity index (χ0v) is 12.6. The van der Waals surface area contributed by atoms with Gasteiger partial charge in [-0.1, -0.05) is 30.3 Å². The molecular formula is C18H23N3. The number of nitrogens with two attached hydrogens (primary N) is 1. The maximum absolute atomic E-state index is 6.36. The van der Waals surface area contributed by atoms with E-state index >= 15 is 0 Å². The lowest BCUT2D eigenvalue weighted by molar-refractivity contribution is 0.572. The van der Waals surface area contributed by atoms with Gasteiger partial charge in [-0.05, 0) is 48.9 Å². The van der Waals surface area contributed by atoms with Crippen molar-refractivity contribution >= 4 is 5.82 Å². The van der Waals surface area contributed by atoms with Crippen LogP contribution in [0.15, 0.2) is 42.6 Å². The van der Waals surface area contributed by atoms with Gasteiger partial charge >= 0.3 is 0 Å². The molecule has 1 aliphatic heterocycles. The highest BCUT2D eigenvalue weighted by molar-refractivity contribution is 5.49. The average Bonchev–Trinajstić information content (AvgIpc) is 2.55. The summed E-state index contributed by atoms with van der Waals surface area (Å²) in [7, 11) is 0. The van der Waals surface area contributed by atoms with Gasteiger partial charge in [0.1, 0.15) is 5.82 Å². The summed E-state index contributed by atoms with van der Waals surface area (Å²) in [6, 6.07) is 12.3. The van der Waals surface area contributed by atoms with Crippen molar-refractivity contribution < 1.29 is 0 Å². The molecule has 21 heavy (non-hydrogen) atoms. The first-order chi connectivity index (χ1) is 10.3. The van der Waals surface area contributed by atoms with Crippen LogP contribution in [-0.4, -0.2) is 18.1 Å². The Kier molecular flexibility index (Phi) is 4.20. The normalized spacial score (nSPS) is 16.8. The number of aromatic nitrogens is 1. The molecule has 1 fully saturated rings. The molecule has 1 saturated heterocycles. The van der Waals surface area contributed by atoms with E-state index in [2.05, 4.69) is 30.0 Å². The van der Waals surface area contributed by atoms with E-state index in [1.165, 1.54) is 24.8 Å². The van der Waals surface area contributed by atoms with E-state index < -0.39 is 0 Å². The van der Waals surface area contributed by atoms with E-state index in [4.69, 9.17) is 10.7 Å². The van der Waals surface area contributed by atoms with E-state index in [0.29, 0.717) is 0 Å².